The molecule has 0 aliphatic carbocycles. The molecule has 4 heteroatoms. The van der Waals surface area contributed by atoms with Gasteiger partial charge in [0, 0.05) is 0 Å². The third-order valence-corrected chi connectivity index (χ3v) is 3.40. The summed E-state index contributed by atoms with van der Waals surface area (Å²) >= 11 is 3.20. The van der Waals surface area contributed by atoms with Gasteiger partial charge in [0.2, 0.25) is 5.78 Å². The quantitative estimate of drug-likeness (QED) is 0.796. The highest BCUT2D eigenvalue weighted by molar-refractivity contribution is 9.10. The van der Waals surface area contributed by atoms with Crippen LogP contribution in [-0.2, 0) is 6.42 Å². The number of carbonyl (C=O) groups excluding carboxylic acids is 1. The van der Waals surface area contributed by atoms with Crippen LogP contribution in [0.4, 0.5) is 0 Å². The summed E-state index contributed by atoms with van der Waals surface area (Å²) in [6.45, 7) is 0.666. The molecule has 1 aliphatic heterocycles. The maximum atomic E-state index is 12.3. The second-order valence-corrected chi connectivity index (χ2v) is 4.96. The minimum atomic E-state index is -0.139. The summed E-state index contributed by atoms with van der Waals surface area (Å²) in [7, 11) is 0. The van der Waals surface area contributed by atoms with Gasteiger partial charge in [-0.15, -0.1) is 0 Å². The molecule has 1 aliphatic rings. The number of rotatable bonds is 2. The highest BCUT2D eigenvalue weighted by atomic mass is 79.9. The molecule has 1 aromatic carbocycles. The van der Waals surface area contributed by atoms with Gasteiger partial charge in [-0.25, -0.2) is 0 Å². The highest BCUT2D eigenvalue weighted by Crippen LogP contribution is 2.31. The second-order valence-electron chi connectivity index (χ2n) is 4.18. The lowest BCUT2D eigenvalue weighted by molar-refractivity contribution is 0.100. The molecule has 0 atom stereocenters. The van der Waals surface area contributed by atoms with Crippen LogP contribution in [0.3, 0.4) is 0 Å². The largest absolute Gasteiger partial charge is 0.493 e. The lowest BCUT2D eigenvalue weighted by atomic mass is 9.99. The summed E-state index contributed by atoms with van der Waals surface area (Å²) in [6.07, 6.45) is 1.95. The number of hydrogen-bond acceptors (Lipinski definition) is 3. The van der Waals surface area contributed by atoms with Crippen LogP contribution in [0, 0.1) is 0 Å². The minimum Gasteiger partial charge on any atom is -0.493 e. The minimum absolute atomic E-state index is 0.139. The molecule has 1 aromatic heterocycles. The molecular formula is C14H11BrO3. The number of aryl methyl sites for hydroxylation is 1. The average molecular weight is 307 g/mol. The Morgan fingerprint density at radius 2 is 2.11 bits per heavy atom. The third-order valence-electron chi connectivity index (χ3n) is 2.98. The average Bonchev–Trinajstić information content (AvgIpc) is 2.84. The van der Waals surface area contributed by atoms with E-state index in [4.69, 9.17) is 9.15 Å². The summed E-state index contributed by atoms with van der Waals surface area (Å²) in [4.78, 5) is 12.3. The predicted molar refractivity (Wildman–Crippen MR) is 70.1 cm³/mol. The Morgan fingerprint density at radius 1 is 1.22 bits per heavy atom. The molecular weight excluding hydrogens is 296 g/mol. The van der Waals surface area contributed by atoms with E-state index in [1.807, 2.05) is 12.1 Å². The number of ketones is 1. The van der Waals surface area contributed by atoms with Crippen LogP contribution in [0.5, 0.6) is 5.75 Å². The van der Waals surface area contributed by atoms with Crippen molar-refractivity contribution in [3.05, 3.63) is 51.9 Å². The lowest BCUT2D eigenvalue weighted by Crippen LogP contribution is -2.13. The van der Waals surface area contributed by atoms with Crippen molar-refractivity contribution >= 4 is 21.7 Å². The number of ether oxygens (including phenoxy) is 1. The number of hydrogen-bond donors (Lipinski definition) is 0. The summed E-state index contributed by atoms with van der Waals surface area (Å²) in [6, 6.07) is 9.04. The van der Waals surface area contributed by atoms with E-state index in [-0.39, 0.29) is 5.78 Å². The Morgan fingerprint density at radius 3 is 2.89 bits per heavy atom. The zero-order valence-corrected chi connectivity index (χ0v) is 11.2. The number of carbonyl (C=O) groups is 1. The molecule has 0 unspecified atom stereocenters. The van der Waals surface area contributed by atoms with E-state index in [9.17, 15) is 4.79 Å². The molecule has 0 amide bonds. The zero-order valence-electron chi connectivity index (χ0n) is 9.61. The van der Waals surface area contributed by atoms with Gasteiger partial charge in [-0.05, 0) is 52.5 Å². The van der Waals surface area contributed by atoms with Gasteiger partial charge in [0.1, 0.15) is 5.75 Å². The normalized spacial score (nSPS) is 13.8. The number of para-hydroxylation sites is 1. The van der Waals surface area contributed by atoms with Gasteiger partial charge in [0.15, 0.2) is 10.4 Å². The van der Waals surface area contributed by atoms with Crippen molar-refractivity contribution in [3.8, 4) is 5.75 Å². The van der Waals surface area contributed by atoms with Gasteiger partial charge in [0.25, 0.3) is 0 Å². The first-order valence-corrected chi connectivity index (χ1v) is 6.60. The maximum Gasteiger partial charge on any atom is 0.231 e. The van der Waals surface area contributed by atoms with Crippen molar-refractivity contribution in [2.24, 2.45) is 0 Å². The Labute approximate surface area is 113 Å². The first kappa shape index (κ1) is 11.5. The van der Waals surface area contributed by atoms with Crippen molar-refractivity contribution in [2.75, 3.05) is 6.61 Å². The topological polar surface area (TPSA) is 39.4 Å². The van der Waals surface area contributed by atoms with Gasteiger partial charge in [0.05, 0.1) is 12.2 Å². The number of benzene rings is 1. The van der Waals surface area contributed by atoms with Crippen LogP contribution >= 0.6 is 15.9 Å². The lowest BCUT2D eigenvalue weighted by Gasteiger charge is -2.19. The van der Waals surface area contributed by atoms with E-state index < -0.39 is 0 Å². The first-order valence-electron chi connectivity index (χ1n) is 5.80. The van der Waals surface area contributed by atoms with Crippen molar-refractivity contribution in [3.63, 3.8) is 0 Å². The van der Waals surface area contributed by atoms with Gasteiger partial charge >= 0.3 is 0 Å². The van der Waals surface area contributed by atoms with Gasteiger partial charge in [-0.2, -0.15) is 0 Å². The Hall–Kier alpha value is -1.55. The molecule has 2 heterocycles. The molecule has 0 N–H and O–H groups in total. The summed E-state index contributed by atoms with van der Waals surface area (Å²) in [5.74, 6) is 0.894. The highest BCUT2D eigenvalue weighted by Gasteiger charge is 2.22. The molecule has 0 bridgehead atoms. The molecule has 0 spiro atoms. The molecule has 3 rings (SSSR count). The van der Waals surface area contributed by atoms with E-state index >= 15 is 0 Å². The fraction of sp³-hybridized carbons (Fsp3) is 0.214. The molecule has 0 fully saturated rings. The van der Waals surface area contributed by atoms with Crippen molar-refractivity contribution < 1.29 is 13.9 Å². The first-order chi connectivity index (χ1) is 8.75. The fourth-order valence-electron chi connectivity index (χ4n) is 2.14. The van der Waals surface area contributed by atoms with Crippen LogP contribution in [-0.4, -0.2) is 12.4 Å². The summed E-state index contributed by atoms with van der Waals surface area (Å²) in [5.41, 5.74) is 1.67. The third kappa shape index (κ3) is 1.97. The van der Waals surface area contributed by atoms with E-state index in [1.54, 1.807) is 18.2 Å². The van der Waals surface area contributed by atoms with Crippen molar-refractivity contribution in [1.29, 1.82) is 0 Å². The fourth-order valence-corrected chi connectivity index (χ4v) is 2.44. The molecule has 0 saturated carbocycles. The van der Waals surface area contributed by atoms with Crippen molar-refractivity contribution in [2.45, 2.75) is 12.8 Å². The van der Waals surface area contributed by atoms with Crippen LogP contribution in [0.2, 0.25) is 0 Å². The molecule has 92 valence electrons. The molecule has 0 radical (unpaired) electrons. The van der Waals surface area contributed by atoms with Gasteiger partial charge in [-0.3, -0.25) is 4.79 Å². The maximum absolute atomic E-state index is 12.3. The predicted octanol–water partition coefficient (Wildman–Crippen LogP) is 3.60. The Bertz CT molecular complexity index is 601. The number of furan rings is 1. The van der Waals surface area contributed by atoms with E-state index in [2.05, 4.69) is 15.9 Å². The monoisotopic (exact) mass is 306 g/mol. The number of halogens is 1. The zero-order chi connectivity index (χ0) is 12.5. The number of fused-ring (bicyclic) bond motifs is 1. The second kappa shape index (κ2) is 4.61. The van der Waals surface area contributed by atoms with Crippen LogP contribution < -0.4 is 4.74 Å². The smallest absolute Gasteiger partial charge is 0.231 e. The van der Waals surface area contributed by atoms with Crippen LogP contribution in [0.1, 0.15) is 28.1 Å². The molecule has 3 nitrogen and oxygen atoms in total. The Kier molecular flexibility index (Phi) is 2.96. The van der Waals surface area contributed by atoms with Crippen LogP contribution in [0.15, 0.2) is 39.4 Å². The van der Waals surface area contributed by atoms with E-state index in [0.717, 1.165) is 18.4 Å². The summed E-state index contributed by atoms with van der Waals surface area (Å²) < 4.78 is 11.5. The molecule has 2 aromatic rings. The Balaban J connectivity index is 2.04. The van der Waals surface area contributed by atoms with E-state index in [0.29, 0.717) is 28.3 Å². The SMILES string of the molecule is O=C(c1ccc(Br)o1)c1cccc2c1OCCC2. The molecule has 18 heavy (non-hydrogen) atoms. The van der Waals surface area contributed by atoms with E-state index in [1.165, 1.54) is 0 Å². The molecule has 0 saturated heterocycles. The summed E-state index contributed by atoms with van der Waals surface area (Å²) in [5, 5.41) is 0. The standard InChI is InChI=1S/C14H11BrO3/c15-12-7-6-11(18-12)13(16)10-5-1-3-9-4-2-8-17-14(9)10/h1,3,5-7H,2,4,8H2. The van der Waals surface area contributed by atoms with Gasteiger partial charge < -0.3 is 9.15 Å². The van der Waals surface area contributed by atoms with Gasteiger partial charge in [-0.1, -0.05) is 12.1 Å². The van der Waals surface area contributed by atoms with Crippen molar-refractivity contribution in [1.82, 2.24) is 0 Å². The van der Waals surface area contributed by atoms with Crippen LogP contribution in [0.25, 0.3) is 0 Å².